The SMILES string of the molecule is CCCCCCCCCCCCCCC[C@H](CCCCCCC)c1[nH]cc[n+]1C(C)C. The van der Waals surface area contributed by atoms with Crippen molar-refractivity contribution in [3.05, 3.63) is 18.2 Å². The molecule has 0 saturated carbocycles. The van der Waals surface area contributed by atoms with E-state index in [1.165, 1.54) is 134 Å². The number of rotatable bonds is 22. The maximum atomic E-state index is 3.60. The number of hydrogen-bond acceptors (Lipinski definition) is 0. The van der Waals surface area contributed by atoms with E-state index >= 15 is 0 Å². The Morgan fingerprint density at radius 1 is 0.613 bits per heavy atom. The third-order valence-corrected chi connectivity index (χ3v) is 7.00. The average molecular weight is 434 g/mol. The molecule has 0 aromatic carbocycles. The summed E-state index contributed by atoms with van der Waals surface area (Å²) in [6, 6.07) is 0.551. The Labute approximate surface area is 196 Å². The molecule has 31 heavy (non-hydrogen) atoms. The standard InChI is InChI=1S/C29H56N2/c1-5-7-9-11-12-13-14-15-16-17-18-20-22-24-28(23-21-19-10-8-6-2)29-30-25-26-31(29)27(3)4/h25-28H,5-24H2,1-4H3/p+1/t28-/m0/s1. The second-order valence-electron chi connectivity index (χ2n) is 10.3. The molecule has 0 aliphatic carbocycles. The number of nitrogens with zero attached hydrogens (tertiary/aromatic N) is 1. The molecule has 0 amide bonds. The van der Waals surface area contributed by atoms with E-state index in [1.807, 2.05) is 0 Å². The third-order valence-electron chi connectivity index (χ3n) is 7.00. The highest BCUT2D eigenvalue weighted by molar-refractivity contribution is 4.90. The molecular formula is C29H57N2+. The van der Waals surface area contributed by atoms with Gasteiger partial charge in [0.2, 0.25) is 0 Å². The van der Waals surface area contributed by atoms with Crippen LogP contribution in [-0.2, 0) is 0 Å². The Balaban J connectivity index is 2.18. The van der Waals surface area contributed by atoms with Crippen molar-refractivity contribution in [2.45, 2.75) is 168 Å². The van der Waals surface area contributed by atoms with Crippen molar-refractivity contribution in [3.63, 3.8) is 0 Å². The van der Waals surface area contributed by atoms with Gasteiger partial charge in [-0.25, -0.2) is 9.55 Å². The van der Waals surface area contributed by atoms with Crippen molar-refractivity contribution in [2.75, 3.05) is 0 Å². The van der Waals surface area contributed by atoms with Gasteiger partial charge in [0.25, 0.3) is 5.82 Å². The zero-order valence-corrected chi connectivity index (χ0v) is 21.9. The second-order valence-corrected chi connectivity index (χ2v) is 10.3. The summed E-state index contributed by atoms with van der Waals surface area (Å²) in [6.45, 7) is 9.22. The van der Waals surface area contributed by atoms with Gasteiger partial charge in [-0.05, 0) is 26.7 Å². The molecule has 2 nitrogen and oxygen atoms in total. The van der Waals surface area contributed by atoms with Crippen molar-refractivity contribution in [3.8, 4) is 0 Å². The fourth-order valence-electron chi connectivity index (χ4n) is 4.96. The monoisotopic (exact) mass is 433 g/mol. The molecule has 0 spiro atoms. The topological polar surface area (TPSA) is 19.7 Å². The summed E-state index contributed by atoms with van der Waals surface area (Å²) in [5.41, 5.74) is 0. The quantitative estimate of drug-likeness (QED) is 0.139. The Morgan fingerprint density at radius 2 is 1.00 bits per heavy atom. The van der Waals surface area contributed by atoms with Crippen LogP contribution in [0.1, 0.15) is 174 Å². The van der Waals surface area contributed by atoms with Crippen molar-refractivity contribution >= 4 is 0 Å². The number of nitrogens with one attached hydrogen (secondary N) is 1. The first-order valence-corrected chi connectivity index (χ1v) is 14.3. The van der Waals surface area contributed by atoms with Crippen molar-refractivity contribution in [2.24, 2.45) is 0 Å². The van der Waals surface area contributed by atoms with Gasteiger partial charge >= 0.3 is 0 Å². The average Bonchev–Trinajstić information content (AvgIpc) is 3.25. The lowest BCUT2D eigenvalue weighted by molar-refractivity contribution is -0.723. The Hall–Kier alpha value is -0.790. The van der Waals surface area contributed by atoms with Crippen molar-refractivity contribution in [1.82, 2.24) is 4.98 Å². The molecule has 1 aromatic heterocycles. The largest absolute Gasteiger partial charge is 0.257 e. The van der Waals surface area contributed by atoms with Crippen LogP contribution in [0.5, 0.6) is 0 Å². The van der Waals surface area contributed by atoms with Crippen LogP contribution in [0.3, 0.4) is 0 Å². The van der Waals surface area contributed by atoms with Gasteiger partial charge in [-0.3, -0.25) is 0 Å². The second kappa shape index (κ2) is 19.9. The van der Waals surface area contributed by atoms with Crippen LogP contribution in [0, 0.1) is 0 Å². The molecule has 0 aliphatic heterocycles. The summed E-state index contributed by atoms with van der Waals surface area (Å²) in [5, 5.41) is 0. The fraction of sp³-hybridized carbons (Fsp3) is 0.897. The van der Waals surface area contributed by atoms with Gasteiger partial charge < -0.3 is 0 Å². The number of hydrogen-bond donors (Lipinski definition) is 1. The first-order valence-electron chi connectivity index (χ1n) is 14.3. The summed E-state index contributed by atoms with van der Waals surface area (Å²) in [7, 11) is 0. The molecule has 0 unspecified atom stereocenters. The maximum Gasteiger partial charge on any atom is 0.257 e. The maximum absolute atomic E-state index is 3.60. The van der Waals surface area contributed by atoms with Crippen LogP contribution in [0.4, 0.5) is 0 Å². The van der Waals surface area contributed by atoms with Crippen molar-refractivity contribution < 1.29 is 4.57 Å². The fourth-order valence-corrected chi connectivity index (χ4v) is 4.96. The molecule has 0 fully saturated rings. The number of unbranched alkanes of at least 4 members (excludes halogenated alkanes) is 16. The molecule has 1 rings (SSSR count). The van der Waals surface area contributed by atoms with Crippen LogP contribution in [-0.4, -0.2) is 4.98 Å². The molecule has 0 aliphatic rings. The van der Waals surface area contributed by atoms with Crippen LogP contribution < -0.4 is 4.57 Å². The predicted octanol–water partition coefficient (Wildman–Crippen LogP) is 9.81. The molecule has 0 saturated heterocycles. The summed E-state index contributed by atoms with van der Waals surface area (Å²) < 4.78 is 2.47. The third kappa shape index (κ3) is 14.1. The molecule has 1 heterocycles. The van der Waals surface area contributed by atoms with E-state index in [9.17, 15) is 0 Å². The van der Waals surface area contributed by atoms with Crippen molar-refractivity contribution in [1.29, 1.82) is 0 Å². The van der Waals surface area contributed by atoms with E-state index in [0.717, 1.165) is 0 Å². The van der Waals surface area contributed by atoms with E-state index in [-0.39, 0.29) is 0 Å². The van der Waals surface area contributed by atoms with E-state index in [1.54, 1.807) is 0 Å². The predicted molar refractivity (Wildman–Crippen MR) is 138 cm³/mol. The normalized spacial score (nSPS) is 12.7. The molecule has 0 radical (unpaired) electrons. The van der Waals surface area contributed by atoms with Gasteiger partial charge in [-0.15, -0.1) is 0 Å². The molecule has 1 N–H and O–H groups in total. The minimum atomic E-state index is 0.551. The highest BCUT2D eigenvalue weighted by Gasteiger charge is 2.23. The molecule has 1 aromatic rings. The van der Waals surface area contributed by atoms with Crippen LogP contribution in [0.15, 0.2) is 12.4 Å². The number of aromatic amines is 1. The number of aromatic nitrogens is 2. The number of H-pyrrole nitrogens is 1. The van der Waals surface area contributed by atoms with Gasteiger partial charge in [-0.2, -0.15) is 0 Å². The van der Waals surface area contributed by atoms with E-state index < -0.39 is 0 Å². The molecule has 1 atom stereocenters. The van der Waals surface area contributed by atoms with E-state index in [4.69, 9.17) is 0 Å². The summed E-state index contributed by atoms with van der Waals surface area (Å²) in [4.78, 5) is 3.60. The highest BCUT2D eigenvalue weighted by atomic mass is 15.1. The summed E-state index contributed by atoms with van der Waals surface area (Å²) in [5.74, 6) is 2.19. The van der Waals surface area contributed by atoms with Crippen LogP contribution >= 0.6 is 0 Å². The first kappa shape index (κ1) is 28.2. The molecule has 2 heteroatoms. The zero-order valence-electron chi connectivity index (χ0n) is 21.9. The Bertz CT molecular complexity index is 491. The number of imidazole rings is 1. The van der Waals surface area contributed by atoms with Gasteiger partial charge in [0.15, 0.2) is 0 Å². The van der Waals surface area contributed by atoms with E-state index in [0.29, 0.717) is 12.0 Å². The minimum Gasteiger partial charge on any atom is -0.247 e. The minimum absolute atomic E-state index is 0.551. The Morgan fingerprint density at radius 3 is 1.39 bits per heavy atom. The summed E-state index contributed by atoms with van der Waals surface area (Å²) >= 11 is 0. The lowest BCUT2D eigenvalue weighted by Gasteiger charge is -2.15. The Kier molecular flexibility index (Phi) is 18.1. The van der Waals surface area contributed by atoms with Crippen LogP contribution in [0.25, 0.3) is 0 Å². The van der Waals surface area contributed by atoms with Gasteiger partial charge in [0.1, 0.15) is 12.4 Å². The first-order chi connectivity index (χ1) is 15.2. The smallest absolute Gasteiger partial charge is 0.247 e. The lowest BCUT2D eigenvalue weighted by Crippen LogP contribution is -2.39. The molecular weight excluding hydrogens is 376 g/mol. The summed E-state index contributed by atoms with van der Waals surface area (Å²) in [6.07, 6.45) is 32.8. The zero-order chi connectivity index (χ0) is 22.6. The molecule has 182 valence electrons. The van der Waals surface area contributed by atoms with Gasteiger partial charge in [-0.1, -0.05) is 129 Å². The lowest BCUT2D eigenvalue weighted by atomic mass is 9.93. The van der Waals surface area contributed by atoms with Crippen LogP contribution in [0.2, 0.25) is 0 Å². The van der Waals surface area contributed by atoms with Gasteiger partial charge in [0.05, 0.1) is 12.0 Å². The van der Waals surface area contributed by atoms with Gasteiger partial charge in [0, 0.05) is 0 Å². The molecule has 0 bridgehead atoms. The highest BCUT2D eigenvalue weighted by Crippen LogP contribution is 2.26. The van der Waals surface area contributed by atoms with E-state index in [2.05, 4.69) is 49.6 Å².